The van der Waals surface area contributed by atoms with Crippen molar-refractivity contribution >= 4 is 17.5 Å². The standard InChI is InChI=1S/C28H30FN3O4/c1-30(2)13-14-31(17-22-6-5-15-35-22)26(33)18-32-25-8-4-3-7-23(25)24-16-28(24,27(32)34)19-36-21-11-9-20(29)10-12-21/h3-12,15,24H,13-14,16-19H2,1-2H3. The molecule has 188 valence electrons. The minimum Gasteiger partial charge on any atom is -0.492 e. The summed E-state index contributed by atoms with van der Waals surface area (Å²) in [6, 6.07) is 17.2. The molecule has 1 fully saturated rings. The maximum Gasteiger partial charge on any atom is 0.243 e. The van der Waals surface area contributed by atoms with Crippen LogP contribution in [0.25, 0.3) is 0 Å². The number of hydrogen-bond acceptors (Lipinski definition) is 5. The van der Waals surface area contributed by atoms with Crippen molar-refractivity contribution in [1.29, 1.82) is 0 Å². The molecule has 36 heavy (non-hydrogen) atoms. The minimum atomic E-state index is -0.724. The van der Waals surface area contributed by atoms with E-state index in [0.29, 0.717) is 37.6 Å². The maximum absolute atomic E-state index is 13.9. The van der Waals surface area contributed by atoms with E-state index in [1.807, 2.05) is 49.3 Å². The van der Waals surface area contributed by atoms with Gasteiger partial charge in [0.05, 0.1) is 18.2 Å². The Morgan fingerprint density at radius 3 is 2.61 bits per heavy atom. The van der Waals surface area contributed by atoms with Gasteiger partial charge in [-0.2, -0.15) is 0 Å². The van der Waals surface area contributed by atoms with Gasteiger partial charge in [-0.05, 0) is 68.5 Å². The average molecular weight is 492 g/mol. The fraction of sp³-hybridized carbons (Fsp3) is 0.357. The molecule has 0 spiro atoms. The van der Waals surface area contributed by atoms with Gasteiger partial charge in [-0.3, -0.25) is 9.59 Å². The lowest BCUT2D eigenvalue weighted by Gasteiger charge is -2.35. The Labute approximate surface area is 210 Å². The van der Waals surface area contributed by atoms with Crippen LogP contribution in [0.15, 0.2) is 71.3 Å². The molecule has 8 heteroatoms. The molecule has 1 aromatic heterocycles. The molecule has 5 rings (SSSR count). The Hall–Kier alpha value is -3.65. The number of fused-ring (bicyclic) bond motifs is 3. The lowest BCUT2D eigenvalue weighted by atomic mass is 9.92. The number of nitrogens with zero attached hydrogens (tertiary/aromatic N) is 3. The van der Waals surface area contributed by atoms with Gasteiger partial charge in [-0.1, -0.05) is 18.2 Å². The van der Waals surface area contributed by atoms with E-state index in [-0.39, 0.29) is 36.7 Å². The zero-order valence-electron chi connectivity index (χ0n) is 20.5. The molecule has 3 aromatic rings. The molecule has 7 nitrogen and oxygen atoms in total. The van der Waals surface area contributed by atoms with Crippen LogP contribution in [0.5, 0.6) is 5.75 Å². The molecule has 0 saturated heterocycles. The second kappa shape index (κ2) is 9.78. The lowest BCUT2D eigenvalue weighted by Crippen LogP contribution is -2.49. The third-order valence-corrected chi connectivity index (χ3v) is 7.05. The van der Waals surface area contributed by atoms with E-state index >= 15 is 0 Å². The largest absolute Gasteiger partial charge is 0.492 e. The summed E-state index contributed by atoms with van der Waals surface area (Å²) in [6.45, 7) is 1.66. The monoisotopic (exact) mass is 491 g/mol. The van der Waals surface area contributed by atoms with E-state index in [1.54, 1.807) is 34.3 Å². The second-order valence-electron chi connectivity index (χ2n) is 9.80. The van der Waals surface area contributed by atoms with Crippen LogP contribution in [0.4, 0.5) is 10.1 Å². The van der Waals surface area contributed by atoms with Crippen LogP contribution in [0, 0.1) is 11.2 Å². The topological polar surface area (TPSA) is 66.2 Å². The molecule has 0 radical (unpaired) electrons. The van der Waals surface area contributed by atoms with E-state index < -0.39 is 5.41 Å². The maximum atomic E-state index is 13.9. The van der Waals surface area contributed by atoms with E-state index in [9.17, 15) is 14.0 Å². The van der Waals surface area contributed by atoms with Crippen molar-refractivity contribution in [1.82, 2.24) is 9.80 Å². The average Bonchev–Trinajstić information content (AvgIpc) is 3.40. The molecule has 0 N–H and O–H groups in total. The summed E-state index contributed by atoms with van der Waals surface area (Å²) in [5, 5.41) is 0. The molecule has 1 saturated carbocycles. The number of rotatable bonds is 10. The van der Waals surface area contributed by atoms with Gasteiger partial charge in [0.2, 0.25) is 11.8 Å². The third kappa shape index (κ3) is 4.73. The second-order valence-corrected chi connectivity index (χ2v) is 9.80. The van der Waals surface area contributed by atoms with Crippen LogP contribution in [0.3, 0.4) is 0 Å². The third-order valence-electron chi connectivity index (χ3n) is 7.05. The normalized spacial score (nSPS) is 20.2. The van der Waals surface area contributed by atoms with Crippen LogP contribution in [-0.2, 0) is 16.1 Å². The van der Waals surface area contributed by atoms with Gasteiger partial charge in [-0.25, -0.2) is 4.39 Å². The summed E-state index contributed by atoms with van der Waals surface area (Å²) in [5.74, 6) is 0.654. The van der Waals surface area contributed by atoms with Gasteiger partial charge >= 0.3 is 0 Å². The first kappa shape index (κ1) is 24.1. The molecule has 1 aliphatic heterocycles. The minimum absolute atomic E-state index is 0.0426. The van der Waals surface area contributed by atoms with Gasteiger partial charge < -0.3 is 23.9 Å². The van der Waals surface area contributed by atoms with Gasteiger partial charge in [0.25, 0.3) is 0 Å². The Bertz CT molecular complexity index is 1230. The molecular weight excluding hydrogens is 461 g/mol. The SMILES string of the molecule is CN(C)CCN(Cc1ccco1)C(=O)CN1C(=O)C2(COc3ccc(F)cc3)CC2c2ccccc21. The van der Waals surface area contributed by atoms with Crippen LogP contribution >= 0.6 is 0 Å². The fourth-order valence-electron chi connectivity index (χ4n) is 4.92. The highest BCUT2D eigenvalue weighted by atomic mass is 19.1. The Morgan fingerprint density at radius 1 is 1.11 bits per heavy atom. The number of halogens is 1. The van der Waals surface area contributed by atoms with Gasteiger partial charge in [0.15, 0.2) is 0 Å². The van der Waals surface area contributed by atoms with Crippen molar-refractivity contribution in [2.45, 2.75) is 18.9 Å². The molecule has 2 heterocycles. The summed E-state index contributed by atoms with van der Waals surface area (Å²) in [5.41, 5.74) is 1.11. The highest BCUT2D eigenvalue weighted by Gasteiger charge is 2.66. The number of amides is 2. The highest BCUT2D eigenvalue weighted by molar-refractivity contribution is 6.07. The van der Waals surface area contributed by atoms with Crippen LogP contribution in [-0.4, -0.2) is 62.0 Å². The molecule has 2 amide bonds. The predicted octanol–water partition coefficient (Wildman–Crippen LogP) is 3.91. The number of hydrogen-bond donors (Lipinski definition) is 0. The zero-order valence-corrected chi connectivity index (χ0v) is 20.5. The zero-order chi connectivity index (χ0) is 25.3. The van der Waals surface area contributed by atoms with Gasteiger partial charge in [0, 0.05) is 24.7 Å². The fourth-order valence-corrected chi connectivity index (χ4v) is 4.92. The van der Waals surface area contributed by atoms with Crippen LogP contribution in [0.1, 0.15) is 23.7 Å². The molecular formula is C28H30FN3O4. The van der Waals surface area contributed by atoms with E-state index in [4.69, 9.17) is 9.15 Å². The quantitative estimate of drug-likeness (QED) is 0.430. The van der Waals surface area contributed by atoms with Crippen LogP contribution in [0.2, 0.25) is 0 Å². The lowest BCUT2D eigenvalue weighted by molar-refractivity contribution is -0.133. The summed E-state index contributed by atoms with van der Waals surface area (Å²) < 4.78 is 24.7. The molecule has 2 aliphatic rings. The summed E-state index contributed by atoms with van der Waals surface area (Å²) in [4.78, 5) is 32.8. The van der Waals surface area contributed by atoms with E-state index in [2.05, 4.69) is 0 Å². The number of carbonyl (C=O) groups is 2. The number of benzene rings is 2. The van der Waals surface area contributed by atoms with Gasteiger partial charge in [0.1, 0.15) is 30.5 Å². The first-order chi connectivity index (χ1) is 17.4. The van der Waals surface area contributed by atoms with Crippen LogP contribution < -0.4 is 9.64 Å². The van der Waals surface area contributed by atoms with Crippen molar-refractivity contribution < 1.29 is 23.1 Å². The van der Waals surface area contributed by atoms with Crippen molar-refractivity contribution in [3.8, 4) is 5.75 Å². The summed E-state index contributed by atoms with van der Waals surface area (Å²) in [7, 11) is 3.91. The van der Waals surface area contributed by atoms with Crippen molar-refractivity contribution in [3.05, 3.63) is 84.1 Å². The smallest absolute Gasteiger partial charge is 0.243 e. The highest BCUT2D eigenvalue weighted by Crippen LogP contribution is 2.65. The number of anilines is 1. The summed E-state index contributed by atoms with van der Waals surface area (Å²) in [6.07, 6.45) is 2.25. The molecule has 2 aromatic carbocycles. The predicted molar refractivity (Wildman–Crippen MR) is 133 cm³/mol. The van der Waals surface area contributed by atoms with Crippen molar-refractivity contribution in [3.63, 3.8) is 0 Å². The Kier molecular flexibility index (Phi) is 6.53. The number of para-hydroxylation sites is 1. The molecule has 2 unspecified atom stereocenters. The first-order valence-electron chi connectivity index (χ1n) is 12.1. The number of furan rings is 1. The Balaban J connectivity index is 1.37. The number of carbonyl (C=O) groups excluding carboxylic acids is 2. The number of ether oxygens (including phenoxy) is 1. The molecule has 1 aliphatic carbocycles. The van der Waals surface area contributed by atoms with E-state index in [1.165, 1.54) is 12.1 Å². The first-order valence-corrected chi connectivity index (χ1v) is 12.1. The summed E-state index contributed by atoms with van der Waals surface area (Å²) >= 11 is 0. The van der Waals surface area contributed by atoms with E-state index in [0.717, 1.165) is 11.3 Å². The van der Waals surface area contributed by atoms with Crippen molar-refractivity contribution in [2.75, 3.05) is 45.2 Å². The van der Waals surface area contributed by atoms with Crippen molar-refractivity contribution in [2.24, 2.45) is 5.41 Å². The Morgan fingerprint density at radius 2 is 1.89 bits per heavy atom. The molecule has 2 atom stereocenters. The van der Waals surface area contributed by atoms with Gasteiger partial charge in [-0.15, -0.1) is 0 Å². The number of likely N-dealkylation sites (N-methyl/N-ethyl adjacent to an activating group) is 1. The molecule has 0 bridgehead atoms.